The van der Waals surface area contributed by atoms with Crippen LogP contribution in [0.1, 0.15) is 23.7 Å². The molecule has 0 atom stereocenters. The second-order valence-corrected chi connectivity index (χ2v) is 4.61. The van der Waals surface area contributed by atoms with Gasteiger partial charge >= 0.3 is 0 Å². The van der Waals surface area contributed by atoms with E-state index in [1.807, 2.05) is 24.3 Å². The van der Waals surface area contributed by atoms with Gasteiger partial charge in [0.1, 0.15) is 5.82 Å². The van der Waals surface area contributed by atoms with Crippen molar-refractivity contribution in [3.8, 4) is 0 Å². The first-order valence-electron chi connectivity index (χ1n) is 6.86. The summed E-state index contributed by atoms with van der Waals surface area (Å²) in [6.45, 7) is 4.74. The van der Waals surface area contributed by atoms with Gasteiger partial charge in [0.05, 0.1) is 11.1 Å². The average molecular weight is 272 g/mol. The van der Waals surface area contributed by atoms with E-state index >= 15 is 0 Å². The van der Waals surface area contributed by atoms with E-state index in [1.54, 1.807) is 6.07 Å². The van der Waals surface area contributed by atoms with Crippen LogP contribution in [0.25, 0.3) is 10.9 Å². The smallest absolute Gasteiger partial charge is 0.249 e. The molecule has 20 heavy (non-hydrogen) atoms. The summed E-state index contributed by atoms with van der Waals surface area (Å²) in [6.07, 6.45) is 1.11. The van der Waals surface area contributed by atoms with Gasteiger partial charge in [0.25, 0.3) is 0 Å². The molecular formula is C15H20N4O. The first kappa shape index (κ1) is 14.3. The van der Waals surface area contributed by atoms with Crippen LogP contribution in [0.3, 0.4) is 0 Å². The lowest BCUT2D eigenvalue weighted by atomic mass is 10.1. The molecule has 0 spiro atoms. The van der Waals surface area contributed by atoms with Gasteiger partial charge in [0.15, 0.2) is 0 Å². The number of anilines is 1. The summed E-state index contributed by atoms with van der Waals surface area (Å²) in [6, 6.07) is 9.21. The summed E-state index contributed by atoms with van der Waals surface area (Å²) in [5.41, 5.74) is 6.71. The third-order valence-corrected chi connectivity index (χ3v) is 3.02. The molecule has 0 fully saturated rings. The van der Waals surface area contributed by atoms with E-state index in [0.29, 0.717) is 11.4 Å². The van der Waals surface area contributed by atoms with Gasteiger partial charge < -0.3 is 16.4 Å². The van der Waals surface area contributed by atoms with Gasteiger partial charge in [-0.05, 0) is 25.1 Å². The summed E-state index contributed by atoms with van der Waals surface area (Å²) >= 11 is 0. The van der Waals surface area contributed by atoms with Crippen molar-refractivity contribution in [1.29, 1.82) is 0 Å². The van der Waals surface area contributed by atoms with Crippen LogP contribution in [-0.2, 0) is 0 Å². The molecule has 0 aliphatic rings. The number of hydrogen-bond acceptors (Lipinski definition) is 4. The highest BCUT2D eigenvalue weighted by molar-refractivity contribution is 6.06. The zero-order chi connectivity index (χ0) is 14.4. The van der Waals surface area contributed by atoms with Crippen LogP contribution in [0.2, 0.25) is 0 Å². The van der Waals surface area contributed by atoms with E-state index < -0.39 is 5.91 Å². The van der Waals surface area contributed by atoms with Crippen molar-refractivity contribution in [1.82, 2.24) is 10.3 Å². The standard InChI is InChI=1S/C15H20N4O/c1-2-7-17-8-9-18-14-10-12(15(16)20)11-5-3-4-6-13(11)19-14/h3-6,10,17H,2,7-9H2,1H3,(H2,16,20)(H,18,19). The molecule has 106 valence electrons. The van der Waals surface area contributed by atoms with Crippen LogP contribution >= 0.6 is 0 Å². The maximum Gasteiger partial charge on any atom is 0.249 e. The van der Waals surface area contributed by atoms with E-state index in [4.69, 9.17) is 5.73 Å². The summed E-state index contributed by atoms with van der Waals surface area (Å²) in [7, 11) is 0. The zero-order valence-corrected chi connectivity index (χ0v) is 11.6. The lowest BCUT2D eigenvalue weighted by Crippen LogP contribution is -2.23. The molecule has 5 heteroatoms. The van der Waals surface area contributed by atoms with Crippen LogP contribution in [0.15, 0.2) is 30.3 Å². The number of nitrogens with two attached hydrogens (primary N) is 1. The number of fused-ring (bicyclic) bond motifs is 1. The molecule has 5 nitrogen and oxygen atoms in total. The monoisotopic (exact) mass is 272 g/mol. The Morgan fingerprint density at radius 1 is 1.25 bits per heavy atom. The summed E-state index contributed by atoms with van der Waals surface area (Å²) < 4.78 is 0. The van der Waals surface area contributed by atoms with Crippen LogP contribution < -0.4 is 16.4 Å². The van der Waals surface area contributed by atoms with Gasteiger partial charge in [-0.2, -0.15) is 0 Å². The van der Waals surface area contributed by atoms with Gasteiger partial charge in [0, 0.05) is 18.5 Å². The molecule has 1 heterocycles. The van der Waals surface area contributed by atoms with E-state index in [9.17, 15) is 4.79 Å². The molecule has 1 amide bonds. The molecule has 0 bridgehead atoms. The number of benzene rings is 1. The number of nitrogens with zero attached hydrogens (tertiary/aromatic N) is 1. The quantitative estimate of drug-likeness (QED) is 0.671. The summed E-state index contributed by atoms with van der Waals surface area (Å²) in [4.78, 5) is 16.0. The highest BCUT2D eigenvalue weighted by Gasteiger charge is 2.09. The Morgan fingerprint density at radius 3 is 2.80 bits per heavy atom. The van der Waals surface area contributed by atoms with Gasteiger partial charge in [0.2, 0.25) is 5.91 Å². The van der Waals surface area contributed by atoms with Gasteiger partial charge in [-0.25, -0.2) is 4.98 Å². The third-order valence-electron chi connectivity index (χ3n) is 3.02. The summed E-state index contributed by atoms with van der Waals surface area (Å²) in [5, 5.41) is 7.29. The molecule has 0 radical (unpaired) electrons. The lowest BCUT2D eigenvalue weighted by molar-refractivity contribution is 0.100. The second kappa shape index (κ2) is 6.86. The SMILES string of the molecule is CCCNCCNc1cc(C(N)=O)c2ccccc2n1. The van der Waals surface area contributed by atoms with Crippen LogP contribution in [0.4, 0.5) is 5.82 Å². The van der Waals surface area contributed by atoms with Crippen LogP contribution in [0, 0.1) is 0 Å². The molecule has 4 N–H and O–H groups in total. The van der Waals surface area contributed by atoms with Crippen molar-refractivity contribution < 1.29 is 4.79 Å². The van der Waals surface area contributed by atoms with E-state index in [2.05, 4.69) is 22.5 Å². The average Bonchev–Trinajstić information content (AvgIpc) is 2.46. The number of para-hydroxylation sites is 1. The van der Waals surface area contributed by atoms with Crippen molar-refractivity contribution in [3.05, 3.63) is 35.9 Å². The molecule has 1 aromatic carbocycles. The number of carbonyl (C=O) groups is 1. The number of hydrogen-bond donors (Lipinski definition) is 3. The molecular weight excluding hydrogens is 252 g/mol. The third kappa shape index (κ3) is 3.45. The highest BCUT2D eigenvalue weighted by atomic mass is 16.1. The summed E-state index contributed by atoms with van der Waals surface area (Å²) in [5.74, 6) is 0.242. The fourth-order valence-electron chi connectivity index (χ4n) is 2.05. The maximum absolute atomic E-state index is 11.5. The largest absolute Gasteiger partial charge is 0.369 e. The second-order valence-electron chi connectivity index (χ2n) is 4.61. The number of nitrogens with one attached hydrogen (secondary N) is 2. The highest BCUT2D eigenvalue weighted by Crippen LogP contribution is 2.20. The fourth-order valence-corrected chi connectivity index (χ4v) is 2.05. The van der Waals surface area contributed by atoms with Crippen molar-refractivity contribution in [2.45, 2.75) is 13.3 Å². The Balaban J connectivity index is 2.15. The maximum atomic E-state index is 11.5. The number of primary amides is 1. The fraction of sp³-hybridized carbons (Fsp3) is 0.333. The minimum absolute atomic E-state index is 0.434. The predicted molar refractivity (Wildman–Crippen MR) is 81.9 cm³/mol. The Bertz CT molecular complexity index is 597. The first-order chi connectivity index (χ1) is 9.72. The van der Waals surface area contributed by atoms with Gasteiger partial charge in [-0.1, -0.05) is 25.1 Å². The van der Waals surface area contributed by atoms with Crippen LogP contribution in [0.5, 0.6) is 0 Å². The van der Waals surface area contributed by atoms with Crippen LogP contribution in [-0.4, -0.2) is 30.5 Å². The Kier molecular flexibility index (Phi) is 4.90. The molecule has 2 rings (SSSR count). The van der Waals surface area contributed by atoms with Crippen molar-refractivity contribution in [2.24, 2.45) is 5.73 Å². The molecule has 0 aliphatic carbocycles. The molecule has 0 aliphatic heterocycles. The molecule has 0 saturated carbocycles. The lowest BCUT2D eigenvalue weighted by Gasteiger charge is -2.10. The number of carbonyl (C=O) groups excluding carboxylic acids is 1. The molecule has 2 aromatic rings. The van der Waals surface area contributed by atoms with E-state index in [0.717, 1.165) is 37.0 Å². The van der Waals surface area contributed by atoms with Crippen molar-refractivity contribution >= 4 is 22.6 Å². The van der Waals surface area contributed by atoms with Crippen molar-refractivity contribution in [3.63, 3.8) is 0 Å². The van der Waals surface area contributed by atoms with Gasteiger partial charge in [-0.15, -0.1) is 0 Å². The Labute approximate surface area is 118 Å². The van der Waals surface area contributed by atoms with Gasteiger partial charge in [-0.3, -0.25) is 4.79 Å². The van der Waals surface area contributed by atoms with Crippen molar-refractivity contribution in [2.75, 3.05) is 25.0 Å². The molecule has 0 unspecified atom stereocenters. The molecule has 0 saturated heterocycles. The number of aromatic nitrogens is 1. The Morgan fingerprint density at radius 2 is 2.05 bits per heavy atom. The Hall–Kier alpha value is -2.14. The normalized spacial score (nSPS) is 10.7. The number of rotatable bonds is 7. The van der Waals surface area contributed by atoms with E-state index in [1.165, 1.54) is 0 Å². The minimum Gasteiger partial charge on any atom is -0.369 e. The topological polar surface area (TPSA) is 80.0 Å². The molecule has 1 aromatic heterocycles. The predicted octanol–water partition coefficient (Wildman–Crippen LogP) is 1.75. The number of amides is 1. The zero-order valence-electron chi connectivity index (χ0n) is 11.6. The van der Waals surface area contributed by atoms with E-state index in [-0.39, 0.29) is 0 Å². The number of pyridine rings is 1. The minimum atomic E-state index is -0.434. The first-order valence-corrected chi connectivity index (χ1v) is 6.86.